The minimum Gasteiger partial charge on any atom is -0.274 e. The van der Waals surface area contributed by atoms with Crippen molar-refractivity contribution in [1.82, 2.24) is 14.8 Å². The smallest absolute Gasteiger partial charge is 0.266 e. The van der Waals surface area contributed by atoms with Gasteiger partial charge in [0.1, 0.15) is 4.90 Å². The summed E-state index contributed by atoms with van der Waals surface area (Å²) in [6.07, 6.45) is 4.24. The molecule has 0 aliphatic heterocycles. The highest BCUT2D eigenvalue weighted by molar-refractivity contribution is 9.11. The van der Waals surface area contributed by atoms with Crippen LogP contribution >= 0.6 is 27.3 Å². The standard InChI is InChI=1S/C7H7BrN4O2S2/c1-12-4-5(2-10-12)16(13,14)11-7-9-3-6(8)15-7/h2-4H,1H3,(H,9,11). The summed E-state index contributed by atoms with van der Waals surface area (Å²) in [5.74, 6) is 0. The van der Waals surface area contributed by atoms with E-state index in [0.717, 1.165) is 3.79 Å². The maximum absolute atomic E-state index is 11.8. The lowest BCUT2D eigenvalue weighted by molar-refractivity contribution is 0.601. The molecule has 2 aromatic rings. The Hall–Kier alpha value is -0.930. The van der Waals surface area contributed by atoms with Crippen molar-refractivity contribution < 1.29 is 8.42 Å². The molecule has 0 aliphatic rings. The van der Waals surface area contributed by atoms with Crippen molar-refractivity contribution >= 4 is 42.4 Å². The predicted molar refractivity (Wildman–Crippen MR) is 63.8 cm³/mol. The monoisotopic (exact) mass is 322 g/mol. The molecule has 16 heavy (non-hydrogen) atoms. The van der Waals surface area contributed by atoms with E-state index in [0.29, 0.717) is 5.13 Å². The van der Waals surface area contributed by atoms with E-state index >= 15 is 0 Å². The summed E-state index contributed by atoms with van der Waals surface area (Å²) < 4.78 is 28.2. The molecule has 2 rings (SSSR count). The number of sulfonamides is 1. The minimum atomic E-state index is -3.59. The van der Waals surface area contributed by atoms with Crippen molar-refractivity contribution in [2.45, 2.75) is 4.90 Å². The topological polar surface area (TPSA) is 76.9 Å². The Balaban J connectivity index is 2.27. The van der Waals surface area contributed by atoms with Gasteiger partial charge in [0.15, 0.2) is 5.13 Å². The average Bonchev–Trinajstić information content (AvgIpc) is 2.75. The highest BCUT2D eigenvalue weighted by Gasteiger charge is 2.17. The second-order valence-corrected chi connectivity index (χ2v) is 7.02. The SMILES string of the molecule is Cn1cc(S(=O)(=O)Nc2ncc(Br)s2)cn1. The van der Waals surface area contributed by atoms with Gasteiger partial charge in [-0.1, -0.05) is 11.3 Å². The average molecular weight is 323 g/mol. The van der Waals surface area contributed by atoms with Crippen LogP contribution in [0, 0.1) is 0 Å². The second-order valence-electron chi connectivity index (χ2n) is 2.92. The lowest BCUT2D eigenvalue weighted by Gasteiger charge is -2.00. The van der Waals surface area contributed by atoms with Crippen molar-refractivity contribution in [3.8, 4) is 0 Å². The van der Waals surface area contributed by atoms with E-state index < -0.39 is 10.0 Å². The van der Waals surface area contributed by atoms with Crippen LogP contribution in [-0.2, 0) is 17.1 Å². The number of nitrogens with zero attached hydrogens (tertiary/aromatic N) is 3. The fourth-order valence-electron chi connectivity index (χ4n) is 1.01. The number of hydrogen-bond acceptors (Lipinski definition) is 5. The van der Waals surface area contributed by atoms with E-state index in [2.05, 4.69) is 30.7 Å². The summed E-state index contributed by atoms with van der Waals surface area (Å²) >= 11 is 4.41. The van der Waals surface area contributed by atoms with Gasteiger partial charge in [-0.05, 0) is 15.9 Å². The first kappa shape index (κ1) is 11.6. The molecule has 0 saturated heterocycles. The van der Waals surface area contributed by atoms with Crippen LogP contribution < -0.4 is 4.72 Å². The Kier molecular flexibility index (Phi) is 3.00. The summed E-state index contributed by atoms with van der Waals surface area (Å²) in [5, 5.41) is 4.12. The van der Waals surface area contributed by atoms with E-state index in [1.165, 1.54) is 34.6 Å². The highest BCUT2D eigenvalue weighted by atomic mass is 79.9. The molecule has 1 N–H and O–H groups in total. The van der Waals surface area contributed by atoms with Crippen LogP contribution in [-0.4, -0.2) is 23.2 Å². The second kappa shape index (κ2) is 4.15. The Morgan fingerprint density at radius 3 is 2.75 bits per heavy atom. The van der Waals surface area contributed by atoms with E-state index in [1.807, 2.05) is 0 Å². The number of rotatable bonds is 3. The molecule has 0 spiro atoms. The fraction of sp³-hybridized carbons (Fsp3) is 0.143. The molecular formula is C7H7BrN4O2S2. The zero-order valence-corrected chi connectivity index (χ0v) is 11.3. The summed E-state index contributed by atoms with van der Waals surface area (Å²) in [6.45, 7) is 0. The molecule has 0 aromatic carbocycles. The Bertz CT molecular complexity index is 603. The van der Waals surface area contributed by atoms with Crippen LogP contribution in [0.15, 0.2) is 27.3 Å². The van der Waals surface area contributed by atoms with Crippen molar-refractivity contribution in [3.05, 3.63) is 22.4 Å². The third kappa shape index (κ3) is 2.42. The number of nitrogens with one attached hydrogen (secondary N) is 1. The molecule has 0 aliphatic carbocycles. The van der Waals surface area contributed by atoms with Crippen molar-refractivity contribution in [2.24, 2.45) is 7.05 Å². The molecule has 0 saturated carbocycles. The maximum atomic E-state index is 11.8. The lowest BCUT2D eigenvalue weighted by Crippen LogP contribution is -2.11. The van der Waals surface area contributed by atoms with Crippen LogP contribution in [0.5, 0.6) is 0 Å². The van der Waals surface area contributed by atoms with Crippen LogP contribution in [0.1, 0.15) is 0 Å². The first-order valence-electron chi connectivity index (χ1n) is 4.10. The summed E-state index contributed by atoms with van der Waals surface area (Å²) in [6, 6.07) is 0. The largest absolute Gasteiger partial charge is 0.274 e. The molecule has 0 amide bonds. The number of hydrogen-bond donors (Lipinski definition) is 1. The van der Waals surface area contributed by atoms with Gasteiger partial charge in [0.05, 0.1) is 16.2 Å². The number of thiazole rings is 1. The molecule has 6 nitrogen and oxygen atoms in total. The predicted octanol–water partition coefficient (Wildman–Crippen LogP) is 1.44. The van der Waals surface area contributed by atoms with Gasteiger partial charge >= 0.3 is 0 Å². The van der Waals surface area contributed by atoms with E-state index in [1.54, 1.807) is 7.05 Å². The molecule has 2 heterocycles. The van der Waals surface area contributed by atoms with Crippen molar-refractivity contribution in [1.29, 1.82) is 0 Å². The van der Waals surface area contributed by atoms with Gasteiger partial charge in [-0.2, -0.15) is 5.10 Å². The van der Waals surface area contributed by atoms with Gasteiger partial charge in [-0.3, -0.25) is 9.40 Å². The minimum absolute atomic E-state index is 0.112. The zero-order valence-electron chi connectivity index (χ0n) is 8.08. The van der Waals surface area contributed by atoms with Crippen LogP contribution in [0.25, 0.3) is 0 Å². The van der Waals surface area contributed by atoms with Gasteiger partial charge in [0.25, 0.3) is 10.0 Å². The van der Waals surface area contributed by atoms with Gasteiger partial charge in [0.2, 0.25) is 0 Å². The normalized spacial score (nSPS) is 11.6. The molecule has 0 fully saturated rings. The van der Waals surface area contributed by atoms with Gasteiger partial charge < -0.3 is 0 Å². The number of aryl methyl sites for hydroxylation is 1. The molecule has 0 atom stereocenters. The highest BCUT2D eigenvalue weighted by Crippen LogP contribution is 2.25. The summed E-state index contributed by atoms with van der Waals surface area (Å²) in [5.41, 5.74) is 0. The maximum Gasteiger partial charge on any atom is 0.266 e. The lowest BCUT2D eigenvalue weighted by atomic mass is 10.7. The fourth-order valence-corrected chi connectivity index (χ4v) is 3.34. The van der Waals surface area contributed by atoms with Crippen LogP contribution in [0.3, 0.4) is 0 Å². The Morgan fingerprint density at radius 2 is 2.25 bits per heavy atom. The van der Waals surface area contributed by atoms with Crippen molar-refractivity contribution in [3.63, 3.8) is 0 Å². The molecule has 9 heteroatoms. The third-order valence-electron chi connectivity index (χ3n) is 1.69. The summed E-state index contributed by atoms with van der Waals surface area (Å²) in [7, 11) is -1.93. The number of anilines is 1. The Labute approximate surface area is 104 Å². The van der Waals surface area contributed by atoms with Gasteiger partial charge in [-0.25, -0.2) is 13.4 Å². The van der Waals surface area contributed by atoms with Crippen molar-refractivity contribution in [2.75, 3.05) is 4.72 Å². The number of halogens is 1. The van der Waals surface area contributed by atoms with E-state index in [-0.39, 0.29) is 4.90 Å². The van der Waals surface area contributed by atoms with E-state index in [9.17, 15) is 8.42 Å². The van der Waals surface area contributed by atoms with Gasteiger partial charge in [-0.15, -0.1) is 0 Å². The molecule has 0 bridgehead atoms. The first-order chi connectivity index (χ1) is 7.47. The van der Waals surface area contributed by atoms with Crippen LogP contribution in [0.2, 0.25) is 0 Å². The quantitative estimate of drug-likeness (QED) is 0.927. The third-order valence-corrected chi connectivity index (χ3v) is 4.50. The van der Waals surface area contributed by atoms with E-state index in [4.69, 9.17) is 0 Å². The number of aromatic nitrogens is 3. The molecule has 86 valence electrons. The summed E-state index contributed by atoms with van der Waals surface area (Å²) in [4.78, 5) is 4.00. The molecule has 0 radical (unpaired) electrons. The molecule has 0 unspecified atom stereocenters. The molecular weight excluding hydrogens is 316 g/mol. The van der Waals surface area contributed by atoms with Gasteiger partial charge in [0, 0.05) is 13.2 Å². The first-order valence-corrected chi connectivity index (χ1v) is 7.19. The molecule has 2 aromatic heterocycles. The Morgan fingerprint density at radius 1 is 1.50 bits per heavy atom. The van der Waals surface area contributed by atoms with Crippen LogP contribution in [0.4, 0.5) is 5.13 Å². The zero-order chi connectivity index (χ0) is 11.8.